The summed E-state index contributed by atoms with van der Waals surface area (Å²) in [6, 6.07) is 0. The van der Waals surface area contributed by atoms with Gasteiger partial charge in [-0.2, -0.15) is 0 Å². The topological polar surface area (TPSA) is 105 Å². The maximum Gasteiger partial charge on any atom is 0.333 e. The maximum absolute atomic E-state index is 13.0. The van der Waals surface area contributed by atoms with E-state index in [1.54, 1.807) is 26.2 Å². The number of oxazole rings is 2. The van der Waals surface area contributed by atoms with Crippen molar-refractivity contribution in [3.05, 3.63) is 60.0 Å². The number of hydrogen-bond donors (Lipinski definition) is 0. The van der Waals surface area contributed by atoms with Crippen molar-refractivity contribution in [3.63, 3.8) is 0 Å². The first-order valence-corrected chi connectivity index (χ1v) is 12.7. The van der Waals surface area contributed by atoms with Crippen LogP contribution in [0.1, 0.15) is 65.9 Å². The molecule has 0 aliphatic carbocycles. The minimum absolute atomic E-state index is 0.0199. The minimum Gasteiger partial charge on any atom is -0.458 e. The van der Waals surface area contributed by atoms with Gasteiger partial charge < -0.3 is 18.3 Å². The fourth-order valence-electron chi connectivity index (χ4n) is 4.86. The Hall–Kier alpha value is -3.16. The van der Waals surface area contributed by atoms with Gasteiger partial charge in [0.15, 0.2) is 12.8 Å². The highest BCUT2D eigenvalue weighted by molar-refractivity contribution is 5.88. The molecule has 1 unspecified atom stereocenters. The van der Waals surface area contributed by atoms with Gasteiger partial charge in [-0.25, -0.2) is 19.6 Å². The maximum atomic E-state index is 13.0. The lowest BCUT2D eigenvalue weighted by Gasteiger charge is -2.27. The molecule has 6 atom stereocenters. The van der Waals surface area contributed by atoms with Crippen LogP contribution in [0.5, 0.6) is 0 Å². The average Bonchev–Trinajstić information content (AvgIpc) is 3.51. The fraction of sp³-hybridized carbons (Fsp3) is 0.571. The summed E-state index contributed by atoms with van der Waals surface area (Å²) in [5.41, 5.74) is 1.12. The normalized spacial score (nSPS) is 29.2. The van der Waals surface area contributed by atoms with E-state index in [4.69, 9.17) is 18.3 Å². The smallest absolute Gasteiger partial charge is 0.333 e. The van der Waals surface area contributed by atoms with Gasteiger partial charge in [0.05, 0.1) is 12.4 Å². The lowest BCUT2D eigenvalue weighted by atomic mass is 9.88. The molecule has 0 saturated heterocycles. The van der Waals surface area contributed by atoms with E-state index in [1.807, 2.05) is 39.8 Å². The van der Waals surface area contributed by atoms with E-state index < -0.39 is 0 Å². The van der Waals surface area contributed by atoms with Gasteiger partial charge in [0.2, 0.25) is 0 Å². The Morgan fingerprint density at radius 1 is 0.722 bits per heavy atom. The van der Waals surface area contributed by atoms with Crippen LogP contribution in [0.15, 0.2) is 57.3 Å². The van der Waals surface area contributed by atoms with Gasteiger partial charge in [-0.05, 0) is 50.4 Å². The Kier molecular flexibility index (Phi) is 9.67. The molecule has 3 heterocycles. The van der Waals surface area contributed by atoms with E-state index in [0.717, 1.165) is 0 Å². The van der Waals surface area contributed by atoms with E-state index in [0.29, 0.717) is 48.3 Å². The second kappa shape index (κ2) is 12.7. The number of rotatable bonds is 4. The summed E-state index contributed by atoms with van der Waals surface area (Å²) in [6.07, 6.45) is 11.4. The average molecular weight is 499 g/mol. The fourth-order valence-corrected chi connectivity index (χ4v) is 4.86. The number of ether oxygens (including phenoxy) is 2. The molecule has 196 valence electrons. The zero-order chi connectivity index (χ0) is 26.2. The molecule has 0 N–H and O–H groups in total. The molecule has 8 nitrogen and oxygen atoms in total. The van der Waals surface area contributed by atoms with Crippen molar-refractivity contribution in [2.45, 2.75) is 79.4 Å². The van der Waals surface area contributed by atoms with Crippen molar-refractivity contribution in [2.24, 2.45) is 23.7 Å². The Bertz CT molecular complexity index is 956. The molecule has 0 amide bonds. The molecule has 8 heteroatoms. The highest BCUT2D eigenvalue weighted by atomic mass is 16.5. The summed E-state index contributed by atoms with van der Waals surface area (Å²) < 4.78 is 22.8. The van der Waals surface area contributed by atoms with Crippen LogP contribution < -0.4 is 0 Å². The monoisotopic (exact) mass is 498 g/mol. The first-order chi connectivity index (χ1) is 17.1. The third-order valence-corrected chi connectivity index (χ3v) is 6.76. The lowest BCUT2D eigenvalue weighted by Crippen LogP contribution is -2.30. The number of carbonyl (C=O) groups is 2. The largest absolute Gasteiger partial charge is 0.458 e. The predicted octanol–water partition coefficient (Wildman–Crippen LogP) is 5.50. The lowest BCUT2D eigenvalue weighted by molar-refractivity contribution is -0.147. The van der Waals surface area contributed by atoms with Gasteiger partial charge in [0.1, 0.15) is 23.7 Å². The van der Waals surface area contributed by atoms with Crippen LogP contribution in [0, 0.1) is 23.7 Å². The molecule has 3 rings (SSSR count). The van der Waals surface area contributed by atoms with Gasteiger partial charge in [-0.1, -0.05) is 39.8 Å². The van der Waals surface area contributed by atoms with E-state index in [-0.39, 0.29) is 47.8 Å². The van der Waals surface area contributed by atoms with Crippen molar-refractivity contribution in [2.75, 3.05) is 0 Å². The molecule has 1 aliphatic heterocycles. The zero-order valence-electron chi connectivity index (χ0n) is 22.1. The molecule has 0 aromatic carbocycles. The highest BCUT2D eigenvalue weighted by Gasteiger charge is 2.28. The predicted molar refractivity (Wildman–Crippen MR) is 134 cm³/mol. The Balaban J connectivity index is 1.87. The second-order valence-electron chi connectivity index (χ2n) is 10.3. The summed E-state index contributed by atoms with van der Waals surface area (Å²) in [5, 5.41) is 0. The molecule has 0 bridgehead atoms. The first-order valence-electron chi connectivity index (χ1n) is 12.7. The standard InChI is InChI=1S/C28H38N2O6/c1-17-7-19(3)25(11-23-13-29-15-33-23)35-28(32)22(6)10-18(2)8-20(4)26(12-24-14-30-16-34-24)36-27(31)21(5)9-17/h9-10,13-20,25-26H,7-8,11-12H2,1-6H3/t17-,18?,19+,20+,25+,26+/m1/s1. The van der Waals surface area contributed by atoms with Crippen LogP contribution in [0.3, 0.4) is 0 Å². The number of carbonyl (C=O) groups excluding carboxylic acids is 2. The van der Waals surface area contributed by atoms with Gasteiger partial charge in [0.25, 0.3) is 0 Å². The molecule has 0 fully saturated rings. The molecule has 36 heavy (non-hydrogen) atoms. The minimum atomic E-state index is -0.384. The zero-order valence-corrected chi connectivity index (χ0v) is 22.1. The van der Waals surface area contributed by atoms with Crippen LogP contribution in [0.4, 0.5) is 0 Å². The summed E-state index contributed by atoms with van der Waals surface area (Å²) in [6.45, 7) is 11.8. The van der Waals surface area contributed by atoms with Crippen LogP contribution in [-0.2, 0) is 31.9 Å². The molecule has 2 aromatic rings. The first kappa shape index (κ1) is 27.4. The van der Waals surface area contributed by atoms with Crippen molar-refractivity contribution in [1.29, 1.82) is 0 Å². The van der Waals surface area contributed by atoms with Crippen LogP contribution in [-0.4, -0.2) is 34.1 Å². The third kappa shape index (κ3) is 7.93. The van der Waals surface area contributed by atoms with Crippen molar-refractivity contribution < 1.29 is 27.9 Å². The summed E-state index contributed by atoms with van der Waals surface area (Å²) in [7, 11) is 0. The van der Waals surface area contributed by atoms with E-state index >= 15 is 0 Å². The number of hydrogen-bond acceptors (Lipinski definition) is 8. The molecule has 0 saturated carbocycles. The number of nitrogens with zero attached hydrogens (tertiary/aromatic N) is 2. The number of esters is 2. The summed E-state index contributed by atoms with van der Waals surface area (Å²) in [5.74, 6) is 0.843. The summed E-state index contributed by atoms with van der Waals surface area (Å²) >= 11 is 0. The number of cyclic esters (lactones) is 2. The number of aromatic nitrogens is 2. The van der Waals surface area contributed by atoms with Gasteiger partial charge in [-0.3, -0.25) is 0 Å². The van der Waals surface area contributed by atoms with Gasteiger partial charge >= 0.3 is 11.9 Å². The van der Waals surface area contributed by atoms with Gasteiger partial charge in [0, 0.05) is 24.0 Å². The quantitative estimate of drug-likeness (QED) is 0.509. The SMILES string of the molecule is CC1=C[C@H](C)C[C@H](C)[C@H](Cc2cnco2)OC(=O)C(C)=CC(C)C[C@H](C)[C@H](Cc2cnco2)OC1=O. The molecule has 0 spiro atoms. The van der Waals surface area contributed by atoms with E-state index in [1.165, 1.54) is 12.8 Å². The Morgan fingerprint density at radius 2 is 1.11 bits per heavy atom. The highest BCUT2D eigenvalue weighted by Crippen LogP contribution is 2.27. The molecule has 0 radical (unpaired) electrons. The summed E-state index contributed by atoms with van der Waals surface area (Å²) in [4.78, 5) is 34.0. The Labute approximate surface area is 213 Å². The van der Waals surface area contributed by atoms with Crippen molar-refractivity contribution in [1.82, 2.24) is 9.97 Å². The Morgan fingerprint density at radius 3 is 1.44 bits per heavy atom. The van der Waals surface area contributed by atoms with Crippen LogP contribution in [0.2, 0.25) is 0 Å². The third-order valence-electron chi connectivity index (χ3n) is 6.76. The van der Waals surface area contributed by atoms with E-state index in [9.17, 15) is 9.59 Å². The van der Waals surface area contributed by atoms with Gasteiger partial charge in [-0.15, -0.1) is 0 Å². The van der Waals surface area contributed by atoms with E-state index in [2.05, 4.69) is 9.97 Å². The van der Waals surface area contributed by atoms with Crippen LogP contribution in [0.25, 0.3) is 0 Å². The molecular weight excluding hydrogens is 460 g/mol. The van der Waals surface area contributed by atoms with Crippen molar-refractivity contribution >= 4 is 11.9 Å². The van der Waals surface area contributed by atoms with Crippen molar-refractivity contribution in [3.8, 4) is 0 Å². The molecule has 2 aromatic heterocycles. The molecular formula is C28H38N2O6. The molecule has 1 aliphatic rings. The van der Waals surface area contributed by atoms with Crippen LogP contribution >= 0.6 is 0 Å². The second-order valence-corrected chi connectivity index (χ2v) is 10.3. The number of allylic oxidation sites excluding steroid dienone is 2.